The molecule has 0 aliphatic rings. The first kappa shape index (κ1) is 9.36. The zero-order valence-electron chi connectivity index (χ0n) is 7.13. The van der Waals surface area contributed by atoms with Crippen molar-refractivity contribution in [2.75, 3.05) is 7.05 Å². The summed E-state index contributed by atoms with van der Waals surface area (Å²) in [6.45, 7) is 2.01. The van der Waals surface area contributed by atoms with E-state index < -0.39 is 0 Å². The van der Waals surface area contributed by atoms with E-state index in [0.717, 1.165) is 5.56 Å². The molecule has 1 aromatic rings. The highest BCUT2D eigenvalue weighted by molar-refractivity contribution is 6.31. The van der Waals surface area contributed by atoms with Crippen molar-refractivity contribution in [3.8, 4) is 5.75 Å². The number of rotatable bonds is 2. The van der Waals surface area contributed by atoms with Crippen molar-refractivity contribution >= 4 is 11.6 Å². The Morgan fingerprint density at radius 1 is 1.50 bits per heavy atom. The topological polar surface area (TPSA) is 32.3 Å². The molecule has 1 rings (SSSR count). The Labute approximate surface area is 77.2 Å². The van der Waals surface area contributed by atoms with Gasteiger partial charge in [0.1, 0.15) is 5.75 Å². The van der Waals surface area contributed by atoms with E-state index in [1.807, 2.05) is 20.0 Å². The van der Waals surface area contributed by atoms with E-state index in [4.69, 9.17) is 16.7 Å². The zero-order valence-corrected chi connectivity index (χ0v) is 7.89. The van der Waals surface area contributed by atoms with Crippen molar-refractivity contribution in [1.82, 2.24) is 5.32 Å². The second-order valence-electron chi connectivity index (χ2n) is 2.72. The van der Waals surface area contributed by atoms with Gasteiger partial charge >= 0.3 is 0 Å². The van der Waals surface area contributed by atoms with E-state index in [1.165, 1.54) is 0 Å². The molecule has 66 valence electrons. The number of hydrogen-bond acceptors (Lipinski definition) is 2. The third-order valence-electron chi connectivity index (χ3n) is 1.88. The Morgan fingerprint density at radius 3 is 2.67 bits per heavy atom. The number of halogens is 1. The van der Waals surface area contributed by atoms with E-state index in [2.05, 4.69) is 5.32 Å². The van der Waals surface area contributed by atoms with Crippen LogP contribution in [-0.4, -0.2) is 12.2 Å². The maximum atomic E-state index is 9.09. The minimum atomic E-state index is 0.201. The van der Waals surface area contributed by atoms with E-state index in [9.17, 15) is 0 Å². The lowest BCUT2D eigenvalue weighted by atomic mass is 10.1. The van der Waals surface area contributed by atoms with Gasteiger partial charge in [0.25, 0.3) is 0 Å². The Hall–Kier alpha value is -0.730. The second-order valence-corrected chi connectivity index (χ2v) is 3.12. The first-order valence-electron chi connectivity index (χ1n) is 3.81. The largest absolute Gasteiger partial charge is 0.508 e. The number of aromatic hydroxyl groups is 1. The quantitative estimate of drug-likeness (QED) is 0.741. The molecular weight excluding hydrogens is 174 g/mol. The van der Waals surface area contributed by atoms with E-state index in [1.54, 1.807) is 12.1 Å². The molecular formula is C9H12ClNO. The molecule has 0 aliphatic carbocycles. The maximum Gasteiger partial charge on any atom is 0.117 e. The molecule has 0 bridgehead atoms. The van der Waals surface area contributed by atoms with Gasteiger partial charge in [-0.1, -0.05) is 17.7 Å². The van der Waals surface area contributed by atoms with Crippen molar-refractivity contribution in [3.05, 3.63) is 28.8 Å². The van der Waals surface area contributed by atoms with Crippen LogP contribution >= 0.6 is 11.6 Å². The molecule has 0 radical (unpaired) electrons. The van der Waals surface area contributed by atoms with Crippen LogP contribution < -0.4 is 5.32 Å². The molecule has 3 heteroatoms. The minimum absolute atomic E-state index is 0.201. The van der Waals surface area contributed by atoms with Crippen LogP contribution in [0.2, 0.25) is 5.02 Å². The standard InChI is InChI=1S/C9H12ClNO/c1-6(11-2)8-4-3-7(12)5-9(8)10/h3-6,11-12H,1-2H3/t6-/m0/s1. The molecule has 0 spiro atoms. The third kappa shape index (κ3) is 1.90. The third-order valence-corrected chi connectivity index (χ3v) is 2.21. The average molecular weight is 186 g/mol. The number of hydrogen-bond donors (Lipinski definition) is 2. The van der Waals surface area contributed by atoms with Gasteiger partial charge in [0.15, 0.2) is 0 Å². The fourth-order valence-corrected chi connectivity index (χ4v) is 1.36. The summed E-state index contributed by atoms with van der Waals surface area (Å²) < 4.78 is 0. The van der Waals surface area contributed by atoms with Crippen LogP contribution in [0.15, 0.2) is 18.2 Å². The molecule has 0 aromatic heterocycles. The van der Waals surface area contributed by atoms with Gasteiger partial charge in [0.05, 0.1) is 0 Å². The van der Waals surface area contributed by atoms with Crippen molar-refractivity contribution in [2.45, 2.75) is 13.0 Å². The first-order chi connectivity index (χ1) is 5.65. The smallest absolute Gasteiger partial charge is 0.117 e. The van der Waals surface area contributed by atoms with E-state index >= 15 is 0 Å². The van der Waals surface area contributed by atoms with Gasteiger partial charge in [-0.2, -0.15) is 0 Å². The normalized spacial score (nSPS) is 12.9. The summed E-state index contributed by atoms with van der Waals surface area (Å²) in [6, 6.07) is 5.21. The lowest BCUT2D eigenvalue weighted by molar-refractivity contribution is 0.474. The molecule has 0 amide bonds. The first-order valence-corrected chi connectivity index (χ1v) is 4.18. The van der Waals surface area contributed by atoms with Crippen LogP contribution in [0.25, 0.3) is 0 Å². The summed E-state index contributed by atoms with van der Waals surface area (Å²) in [5.74, 6) is 0.201. The van der Waals surface area contributed by atoms with Crippen molar-refractivity contribution in [1.29, 1.82) is 0 Å². The summed E-state index contributed by atoms with van der Waals surface area (Å²) in [5, 5.41) is 12.8. The van der Waals surface area contributed by atoms with Gasteiger partial charge in [-0.05, 0) is 31.7 Å². The molecule has 2 N–H and O–H groups in total. The maximum absolute atomic E-state index is 9.09. The number of phenols is 1. The zero-order chi connectivity index (χ0) is 9.14. The van der Waals surface area contributed by atoms with Gasteiger partial charge < -0.3 is 10.4 Å². The summed E-state index contributed by atoms with van der Waals surface area (Å²) in [5.41, 5.74) is 0.997. The van der Waals surface area contributed by atoms with E-state index in [0.29, 0.717) is 5.02 Å². The molecule has 12 heavy (non-hydrogen) atoms. The molecule has 1 aromatic carbocycles. The molecule has 0 aliphatic heterocycles. The summed E-state index contributed by atoms with van der Waals surface area (Å²) >= 11 is 5.90. The van der Waals surface area contributed by atoms with Crippen LogP contribution in [0.1, 0.15) is 18.5 Å². The Kier molecular flexibility index (Phi) is 2.95. The fraction of sp³-hybridized carbons (Fsp3) is 0.333. The van der Waals surface area contributed by atoms with Crippen LogP contribution in [0, 0.1) is 0 Å². The fourth-order valence-electron chi connectivity index (χ4n) is 1.02. The summed E-state index contributed by atoms with van der Waals surface area (Å²) in [6.07, 6.45) is 0. The molecule has 0 fully saturated rings. The SMILES string of the molecule is CN[C@@H](C)c1ccc(O)cc1Cl. The van der Waals surface area contributed by atoms with Gasteiger partial charge in [-0.3, -0.25) is 0 Å². The second kappa shape index (κ2) is 3.78. The monoisotopic (exact) mass is 185 g/mol. The van der Waals surface area contributed by atoms with Crippen molar-refractivity contribution in [3.63, 3.8) is 0 Å². The Morgan fingerprint density at radius 2 is 2.17 bits per heavy atom. The molecule has 0 saturated carbocycles. The van der Waals surface area contributed by atoms with E-state index in [-0.39, 0.29) is 11.8 Å². The molecule has 0 saturated heterocycles. The molecule has 1 atom stereocenters. The Balaban J connectivity index is 3.01. The van der Waals surface area contributed by atoms with Gasteiger partial charge in [0.2, 0.25) is 0 Å². The Bertz CT molecular complexity index is 275. The van der Waals surface area contributed by atoms with Crippen molar-refractivity contribution < 1.29 is 5.11 Å². The number of phenolic OH excluding ortho intramolecular Hbond substituents is 1. The predicted octanol–water partition coefficient (Wildman–Crippen LogP) is 2.33. The summed E-state index contributed by atoms with van der Waals surface area (Å²) in [7, 11) is 1.87. The minimum Gasteiger partial charge on any atom is -0.508 e. The van der Waals surface area contributed by atoms with Crippen molar-refractivity contribution in [2.24, 2.45) is 0 Å². The number of nitrogens with one attached hydrogen (secondary N) is 1. The molecule has 0 unspecified atom stereocenters. The lowest BCUT2D eigenvalue weighted by Crippen LogP contribution is -2.12. The predicted molar refractivity (Wildman–Crippen MR) is 50.6 cm³/mol. The molecule has 0 heterocycles. The van der Waals surface area contributed by atoms with Crippen LogP contribution in [-0.2, 0) is 0 Å². The average Bonchev–Trinajstić information content (AvgIpc) is 2.03. The van der Waals surface area contributed by atoms with Crippen LogP contribution in [0.4, 0.5) is 0 Å². The summed E-state index contributed by atoms with van der Waals surface area (Å²) in [4.78, 5) is 0. The highest BCUT2D eigenvalue weighted by Gasteiger charge is 2.06. The van der Waals surface area contributed by atoms with Gasteiger partial charge in [-0.15, -0.1) is 0 Å². The van der Waals surface area contributed by atoms with Crippen LogP contribution in [0.5, 0.6) is 5.75 Å². The highest BCUT2D eigenvalue weighted by atomic mass is 35.5. The highest BCUT2D eigenvalue weighted by Crippen LogP contribution is 2.26. The lowest BCUT2D eigenvalue weighted by Gasteiger charge is -2.12. The van der Waals surface area contributed by atoms with Gasteiger partial charge in [0, 0.05) is 11.1 Å². The number of benzene rings is 1. The van der Waals surface area contributed by atoms with Gasteiger partial charge in [-0.25, -0.2) is 0 Å². The van der Waals surface area contributed by atoms with Crippen LogP contribution in [0.3, 0.4) is 0 Å². The molecule has 2 nitrogen and oxygen atoms in total.